The zero-order valence-corrected chi connectivity index (χ0v) is 14.2. The molecule has 0 radical (unpaired) electrons. The lowest BCUT2D eigenvalue weighted by molar-refractivity contribution is 0.103. The zero-order chi connectivity index (χ0) is 17.9. The third-order valence-corrected chi connectivity index (χ3v) is 4.23. The number of nitrogens with zero attached hydrogens (tertiary/aromatic N) is 2. The number of ketones is 1. The highest BCUT2D eigenvalue weighted by Crippen LogP contribution is 2.27. The van der Waals surface area contributed by atoms with Gasteiger partial charge in [-0.05, 0) is 42.5 Å². The average Bonchev–Trinajstić information content (AvgIpc) is 2.73. The number of benzene rings is 2. The van der Waals surface area contributed by atoms with Gasteiger partial charge in [0.2, 0.25) is 0 Å². The van der Waals surface area contributed by atoms with E-state index in [1.165, 1.54) is 0 Å². The van der Waals surface area contributed by atoms with Crippen LogP contribution >= 0.6 is 0 Å². The summed E-state index contributed by atoms with van der Waals surface area (Å²) in [7, 11) is 1.60. The van der Waals surface area contributed by atoms with Crippen LogP contribution in [0.4, 0.5) is 0 Å². The Morgan fingerprint density at radius 2 is 1.69 bits per heavy atom. The van der Waals surface area contributed by atoms with E-state index in [9.17, 15) is 4.79 Å². The Bertz CT molecular complexity index is 1070. The second kappa shape index (κ2) is 6.76. The Hall–Kier alpha value is -3.53. The molecule has 4 nitrogen and oxygen atoms in total. The van der Waals surface area contributed by atoms with Crippen LogP contribution in [0.3, 0.4) is 0 Å². The first kappa shape index (κ1) is 16.0. The number of pyridine rings is 2. The van der Waals surface area contributed by atoms with Crippen LogP contribution in [0.5, 0.6) is 5.75 Å². The maximum Gasteiger partial charge on any atom is 0.195 e. The van der Waals surface area contributed by atoms with E-state index >= 15 is 0 Å². The largest absolute Gasteiger partial charge is 0.497 e. The molecule has 0 aliphatic rings. The summed E-state index contributed by atoms with van der Waals surface area (Å²) < 4.78 is 5.17. The highest BCUT2D eigenvalue weighted by molar-refractivity contribution is 6.13. The van der Waals surface area contributed by atoms with Crippen molar-refractivity contribution < 1.29 is 9.53 Å². The molecule has 126 valence electrons. The van der Waals surface area contributed by atoms with Crippen molar-refractivity contribution in [3.63, 3.8) is 0 Å². The molecule has 4 heteroatoms. The minimum absolute atomic E-state index is 0.0789. The van der Waals surface area contributed by atoms with Crippen LogP contribution in [0, 0.1) is 0 Å². The Balaban J connectivity index is 1.90. The summed E-state index contributed by atoms with van der Waals surface area (Å²) in [4.78, 5) is 22.2. The SMILES string of the molecule is COc1ccc(C(=O)c2cc3cccnc3nc2-c2ccccc2)cc1. The molecule has 0 unspecified atom stereocenters. The van der Waals surface area contributed by atoms with E-state index in [4.69, 9.17) is 4.74 Å². The number of fused-ring (bicyclic) bond motifs is 1. The van der Waals surface area contributed by atoms with Gasteiger partial charge in [0.15, 0.2) is 11.4 Å². The highest BCUT2D eigenvalue weighted by atomic mass is 16.5. The lowest BCUT2D eigenvalue weighted by Gasteiger charge is -2.10. The van der Waals surface area contributed by atoms with Gasteiger partial charge in [0.1, 0.15) is 5.75 Å². The zero-order valence-electron chi connectivity index (χ0n) is 14.2. The summed E-state index contributed by atoms with van der Waals surface area (Å²) in [6, 6.07) is 22.4. The van der Waals surface area contributed by atoms with E-state index in [0.717, 1.165) is 10.9 Å². The number of aromatic nitrogens is 2. The van der Waals surface area contributed by atoms with Gasteiger partial charge >= 0.3 is 0 Å². The van der Waals surface area contributed by atoms with Gasteiger partial charge in [-0.25, -0.2) is 9.97 Å². The van der Waals surface area contributed by atoms with Crippen LogP contribution < -0.4 is 4.74 Å². The van der Waals surface area contributed by atoms with Crippen LogP contribution in [-0.4, -0.2) is 22.9 Å². The van der Waals surface area contributed by atoms with Crippen LogP contribution in [0.2, 0.25) is 0 Å². The second-order valence-corrected chi connectivity index (χ2v) is 5.86. The monoisotopic (exact) mass is 340 g/mol. The molecule has 0 aliphatic heterocycles. The maximum absolute atomic E-state index is 13.2. The average molecular weight is 340 g/mol. The summed E-state index contributed by atoms with van der Waals surface area (Å²) in [5, 5.41) is 0.837. The molecule has 0 N–H and O–H groups in total. The molecule has 2 aromatic heterocycles. The summed E-state index contributed by atoms with van der Waals surface area (Å²) in [6.07, 6.45) is 1.70. The topological polar surface area (TPSA) is 52.1 Å². The van der Waals surface area contributed by atoms with Crippen molar-refractivity contribution in [2.45, 2.75) is 0 Å². The van der Waals surface area contributed by atoms with Crippen molar-refractivity contribution in [1.82, 2.24) is 9.97 Å². The number of methoxy groups -OCH3 is 1. The number of carbonyl (C=O) groups is 1. The standard InChI is InChI=1S/C22H16N2O2/c1-26-18-11-9-16(10-12-18)21(25)19-14-17-8-5-13-23-22(17)24-20(19)15-6-3-2-4-7-15/h2-14H,1H3. The molecule has 0 atom stereocenters. The Labute approximate surface area is 151 Å². The number of ether oxygens (including phenoxy) is 1. The second-order valence-electron chi connectivity index (χ2n) is 5.86. The first-order valence-corrected chi connectivity index (χ1v) is 8.26. The van der Waals surface area contributed by atoms with Crippen molar-refractivity contribution in [3.8, 4) is 17.0 Å². The molecule has 0 saturated carbocycles. The van der Waals surface area contributed by atoms with Gasteiger partial charge in [-0.2, -0.15) is 0 Å². The molecule has 0 bridgehead atoms. The third-order valence-electron chi connectivity index (χ3n) is 4.23. The number of hydrogen-bond acceptors (Lipinski definition) is 4. The van der Waals surface area contributed by atoms with Gasteiger partial charge in [0.05, 0.1) is 12.8 Å². The Kier molecular flexibility index (Phi) is 4.15. The molecular formula is C22H16N2O2. The van der Waals surface area contributed by atoms with E-state index in [-0.39, 0.29) is 5.78 Å². The number of carbonyl (C=O) groups excluding carboxylic acids is 1. The van der Waals surface area contributed by atoms with Gasteiger partial charge in [-0.15, -0.1) is 0 Å². The third kappa shape index (κ3) is 2.93. The van der Waals surface area contributed by atoms with Crippen molar-refractivity contribution >= 4 is 16.8 Å². The molecule has 26 heavy (non-hydrogen) atoms. The smallest absolute Gasteiger partial charge is 0.195 e. The lowest BCUT2D eigenvalue weighted by Crippen LogP contribution is -2.06. The van der Waals surface area contributed by atoms with Crippen LogP contribution in [-0.2, 0) is 0 Å². The predicted molar refractivity (Wildman–Crippen MR) is 101 cm³/mol. The summed E-state index contributed by atoms with van der Waals surface area (Å²) in [6.45, 7) is 0. The molecule has 0 fully saturated rings. The summed E-state index contributed by atoms with van der Waals surface area (Å²) in [5.41, 5.74) is 3.29. The molecule has 0 amide bonds. The minimum atomic E-state index is -0.0789. The summed E-state index contributed by atoms with van der Waals surface area (Å²) >= 11 is 0. The first-order chi connectivity index (χ1) is 12.8. The van der Waals surface area contributed by atoms with Crippen LogP contribution in [0.15, 0.2) is 79.0 Å². The van der Waals surface area contributed by atoms with Crippen molar-refractivity contribution in [3.05, 3.63) is 90.1 Å². The van der Waals surface area contributed by atoms with Gasteiger partial charge < -0.3 is 4.74 Å². The molecule has 0 saturated heterocycles. The van der Waals surface area contributed by atoms with E-state index < -0.39 is 0 Å². The first-order valence-electron chi connectivity index (χ1n) is 8.26. The molecule has 4 aromatic rings. The van der Waals surface area contributed by atoms with Crippen molar-refractivity contribution in [2.24, 2.45) is 0 Å². The molecule has 2 aromatic carbocycles. The van der Waals surface area contributed by atoms with Gasteiger partial charge in [-0.1, -0.05) is 30.3 Å². The minimum Gasteiger partial charge on any atom is -0.497 e. The quantitative estimate of drug-likeness (QED) is 0.512. The highest BCUT2D eigenvalue weighted by Gasteiger charge is 2.18. The normalized spacial score (nSPS) is 10.7. The van der Waals surface area contributed by atoms with Crippen molar-refractivity contribution in [2.75, 3.05) is 7.11 Å². The van der Waals surface area contributed by atoms with Crippen LogP contribution in [0.25, 0.3) is 22.3 Å². The summed E-state index contributed by atoms with van der Waals surface area (Å²) in [5.74, 6) is 0.635. The van der Waals surface area contributed by atoms with E-state index in [1.807, 2.05) is 48.5 Å². The van der Waals surface area contributed by atoms with Gasteiger partial charge in [-0.3, -0.25) is 4.79 Å². The predicted octanol–water partition coefficient (Wildman–Crippen LogP) is 4.54. The molecule has 0 spiro atoms. The molecule has 4 rings (SSSR count). The van der Waals surface area contributed by atoms with Crippen molar-refractivity contribution in [1.29, 1.82) is 0 Å². The van der Waals surface area contributed by atoms with Gasteiger partial charge in [0, 0.05) is 28.3 Å². The fourth-order valence-electron chi connectivity index (χ4n) is 2.89. The molecular weight excluding hydrogens is 324 g/mol. The van der Waals surface area contributed by atoms with E-state index in [0.29, 0.717) is 28.2 Å². The molecule has 2 heterocycles. The van der Waals surface area contributed by atoms with E-state index in [1.54, 1.807) is 37.6 Å². The number of rotatable bonds is 4. The van der Waals surface area contributed by atoms with Gasteiger partial charge in [0.25, 0.3) is 0 Å². The van der Waals surface area contributed by atoms with Crippen LogP contribution in [0.1, 0.15) is 15.9 Å². The lowest BCUT2D eigenvalue weighted by atomic mass is 9.97. The fraction of sp³-hybridized carbons (Fsp3) is 0.0455. The number of hydrogen-bond donors (Lipinski definition) is 0. The maximum atomic E-state index is 13.2. The fourth-order valence-corrected chi connectivity index (χ4v) is 2.89. The molecule has 0 aliphatic carbocycles. The Morgan fingerprint density at radius 1 is 0.923 bits per heavy atom. The Morgan fingerprint density at radius 3 is 2.42 bits per heavy atom. The van der Waals surface area contributed by atoms with E-state index in [2.05, 4.69) is 9.97 Å².